The molecule has 0 aromatic carbocycles. The van der Waals surface area contributed by atoms with E-state index in [2.05, 4.69) is 21.6 Å². The third-order valence-electron chi connectivity index (χ3n) is 3.74. The van der Waals surface area contributed by atoms with E-state index in [0.717, 1.165) is 22.7 Å². The molecule has 0 aliphatic heterocycles. The Balaban J connectivity index is 1.71. The molecule has 106 valence electrons. The molecule has 0 unspecified atom stereocenters. The first-order chi connectivity index (χ1) is 10.2. The molecule has 3 heterocycles. The lowest BCUT2D eigenvalue weighted by atomic mass is 10.2. The van der Waals surface area contributed by atoms with Crippen molar-refractivity contribution in [2.45, 2.75) is 20.0 Å². The van der Waals surface area contributed by atoms with E-state index >= 15 is 0 Å². The molecule has 0 aliphatic rings. The molecule has 3 aromatic heterocycles. The van der Waals surface area contributed by atoms with Crippen LogP contribution in [0.5, 0.6) is 0 Å². The number of aromatic nitrogens is 4. The number of nitriles is 1. The van der Waals surface area contributed by atoms with Gasteiger partial charge in [0.25, 0.3) is 0 Å². The number of hydrogen-bond acceptors (Lipinski definition) is 4. The lowest BCUT2D eigenvalue weighted by molar-refractivity contribution is 0.653. The van der Waals surface area contributed by atoms with Gasteiger partial charge in [-0.25, -0.2) is 0 Å². The normalized spacial score (nSPS) is 10.9. The lowest BCUT2D eigenvalue weighted by Gasteiger charge is -2.04. The SMILES string of the molecule is Cc1c(CNCc2nnc3ccccn23)cc(C#N)n1C. The first kappa shape index (κ1) is 13.3. The summed E-state index contributed by atoms with van der Waals surface area (Å²) in [7, 11) is 1.91. The lowest BCUT2D eigenvalue weighted by Crippen LogP contribution is -2.15. The van der Waals surface area contributed by atoms with Crippen LogP contribution in [0.15, 0.2) is 30.5 Å². The van der Waals surface area contributed by atoms with Crippen molar-refractivity contribution in [3.63, 3.8) is 0 Å². The van der Waals surface area contributed by atoms with Crippen molar-refractivity contribution in [3.05, 3.63) is 53.2 Å². The summed E-state index contributed by atoms with van der Waals surface area (Å²) in [5.41, 5.74) is 3.75. The van der Waals surface area contributed by atoms with Crippen molar-refractivity contribution in [1.82, 2.24) is 24.5 Å². The highest BCUT2D eigenvalue weighted by Crippen LogP contribution is 2.13. The summed E-state index contributed by atoms with van der Waals surface area (Å²) < 4.78 is 3.87. The van der Waals surface area contributed by atoms with Gasteiger partial charge in [-0.2, -0.15) is 5.26 Å². The number of pyridine rings is 1. The molecular weight excluding hydrogens is 264 g/mol. The Morgan fingerprint density at radius 2 is 2.14 bits per heavy atom. The summed E-state index contributed by atoms with van der Waals surface area (Å²) in [5, 5.41) is 20.7. The molecular formula is C15H16N6. The van der Waals surface area contributed by atoms with Crippen LogP contribution in [0, 0.1) is 18.3 Å². The van der Waals surface area contributed by atoms with Crippen LogP contribution in [0.2, 0.25) is 0 Å². The average Bonchev–Trinajstić information content (AvgIpc) is 3.04. The predicted molar refractivity (Wildman–Crippen MR) is 78.4 cm³/mol. The van der Waals surface area contributed by atoms with E-state index in [0.29, 0.717) is 18.8 Å². The maximum Gasteiger partial charge on any atom is 0.160 e. The van der Waals surface area contributed by atoms with Gasteiger partial charge in [-0.05, 0) is 30.7 Å². The molecule has 0 fully saturated rings. The van der Waals surface area contributed by atoms with Crippen LogP contribution in [0.1, 0.15) is 22.8 Å². The molecule has 0 bridgehead atoms. The van der Waals surface area contributed by atoms with Gasteiger partial charge in [0.05, 0.1) is 6.54 Å². The second kappa shape index (κ2) is 5.38. The minimum atomic E-state index is 0.626. The molecule has 0 aliphatic carbocycles. The summed E-state index contributed by atoms with van der Waals surface area (Å²) in [6.07, 6.45) is 1.95. The Labute approximate surface area is 122 Å². The predicted octanol–water partition coefficient (Wildman–Crippen LogP) is 1.54. The van der Waals surface area contributed by atoms with Crippen LogP contribution in [0.4, 0.5) is 0 Å². The van der Waals surface area contributed by atoms with E-state index in [-0.39, 0.29) is 0 Å². The fourth-order valence-corrected chi connectivity index (χ4v) is 2.37. The minimum absolute atomic E-state index is 0.626. The summed E-state index contributed by atoms with van der Waals surface area (Å²) in [6, 6.07) is 9.94. The van der Waals surface area contributed by atoms with Crippen LogP contribution < -0.4 is 5.32 Å². The second-order valence-electron chi connectivity index (χ2n) is 4.96. The quantitative estimate of drug-likeness (QED) is 0.787. The van der Waals surface area contributed by atoms with Gasteiger partial charge in [-0.1, -0.05) is 6.07 Å². The Bertz CT molecular complexity index is 820. The van der Waals surface area contributed by atoms with Gasteiger partial charge in [-0.3, -0.25) is 4.40 Å². The van der Waals surface area contributed by atoms with E-state index in [1.54, 1.807) is 0 Å². The molecule has 0 spiro atoms. The van der Waals surface area contributed by atoms with Crippen molar-refractivity contribution < 1.29 is 0 Å². The Hall–Kier alpha value is -2.65. The van der Waals surface area contributed by atoms with Crippen LogP contribution in [0.3, 0.4) is 0 Å². The summed E-state index contributed by atoms with van der Waals surface area (Å²) in [5.74, 6) is 0.875. The topological polar surface area (TPSA) is 70.9 Å². The number of nitrogens with one attached hydrogen (secondary N) is 1. The van der Waals surface area contributed by atoms with E-state index in [1.165, 1.54) is 0 Å². The molecule has 0 radical (unpaired) electrons. The Morgan fingerprint density at radius 3 is 2.90 bits per heavy atom. The Morgan fingerprint density at radius 1 is 1.29 bits per heavy atom. The molecule has 21 heavy (non-hydrogen) atoms. The smallest absolute Gasteiger partial charge is 0.160 e. The van der Waals surface area contributed by atoms with Crippen molar-refractivity contribution in [2.24, 2.45) is 7.05 Å². The third kappa shape index (κ3) is 2.39. The van der Waals surface area contributed by atoms with Crippen LogP contribution in [-0.4, -0.2) is 19.2 Å². The zero-order chi connectivity index (χ0) is 14.8. The van der Waals surface area contributed by atoms with Crippen LogP contribution in [-0.2, 0) is 20.1 Å². The standard InChI is InChI=1S/C15H16N6/c1-11-12(7-13(8-16)20(11)2)9-17-10-15-19-18-14-5-3-4-6-21(14)15/h3-7,17H,9-10H2,1-2H3. The van der Waals surface area contributed by atoms with Gasteiger partial charge in [0.15, 0.2) is 11.5 Å². The number of fused-ring (bicyclic) bond motifs is 1. The van der Waals surface area contributed by atoms with Crippen molar-refractivity contribution in [2.75, 3.05) is 0 Å². The third-order valence-corrected chi connectivity index (χ3v) is 3.74. The summed E-state index contributed by atoms with van der Waals surface area (Å²) in [6.45, 7) is 3.34. The molecule has 3 rings (SSSR count). The molecule has 0 saturated heterocycles. The summed E-state index contributed by atoms with van der Waals surface area (Å²) in [4.78, 5) is 0. The molecule has 3 aromatic rings. The average molecular weight is 280 g/mol. The van der Waals surface area contributed by atoms with Crippen LogP contribution >= 0.6 is 0 Å². The molecule has 1 N–H and O–H groups in total. The first-order valence-electron chi connectivity index (χ1n) is 6.75. The Kier molecular flexibility index (Phi) is 3.42. The molecule has 0 saturated carbocycles. The monoisotopic (exact) mass is 280 g/mol. The number of nitrogens with zero attached hydrogens (tertiary/aromatic N) is 5. The molecule has 6 nitrogen and oxygen atoms in total. The van der Waals surface area contributed by atoms with Gasteiger partial charge in [0.1, 0.15) is 11.8 Å². The van der Waals surface area contributed by atoms with Crippen molar-refractivity contribution in [1.29, 1.82) is 5.26 Å². The van der Waals surface area contributed by atoms with E-state index in [4.69, 9.17) is 5.26 Å². The fourth-order valence-electron chi connectivity index (χ4n) is 2.37. The van der Waals surface area contributed by atoms with Crippen molar-refractivity contribution >= 4 is 5.65 Å². The minimum Gasteiger partial charge on any atom is -0.340 e. The number of hydrogen-bond donors (Lipinski definition) is 1. The molecule has 0 amide bonds. The maximum atomic E-state index is 9.04. The van der Waals surface area contributed by atoms with Crippen LogP contribution in [0.25, 0.3) is 5.65 Å². The highest BCUT2D eigenvalue weighted by molar-refractivity contribution is 5.37. The zero-order valence-corrected chi connectivity index (χ0v) is 12.0. The number of rotatable bonds is 4. The highest BCUT2D eigenvalue weighted by Gasteiger charge is 2.09. The van der Waals surface area contributed by atoms with Gasteiger partial charge in [0, 0.05) is 25.5 Å². The van der Waals surface area contributed by atoms with E-state index in [9.17, 15) is 0 Å². The van der Waals surface area contributed by atoms with E-state index in [1.807, 2.05) is 53.4 Å². The van der Waals surface area contributed by atoms with Gasteiger partial charge in [0.2, 0.25) is 0 Å². The largest absolute Gasteiger partial charge is 0.340 e. The second-order valence-corrected chi connectivity index (χ2v) is 4.96. The van der Waals surface area contributed by atoms with E-state index < -0.39 is 0 Å². The van der Waals surface area contributed by atoms with Gasteiger partial charge in [-0.15, -0.1) is 10.2 Å². The molecule has 0 atom stereocenters. The maximum absolute atomic E-state index is 9.04. The first-order valence-corrected chi connectivity index (χ1v) is 6.75. The van der Waals surface area contributed by atoms with Gasteiger partial charge >= 0.3 is 0 Å². The molecule has 6 heteroatoms. The zero-order valence-electron chi connectivity index (χ0n) is 12.0. The fraction of sp³-hybridized carbons (Fsp3) is 0.267. The van der Waals surface area contributed by atoms with Gasteiger partial charge < -0.3 is 9.88 Å². The van der Waals surface area contributed by atoms with Crippen molar-refractivity contribution in [3.8, 4) is 6.07 Å². The highest BCUT2D eigenvalue weighted by atomic mass is 15.3. The summed E-state index contributed by atoms with van der Waals surface area (Å²) >= 11 is 0.